The van der Waals surface area contributed by atoms with E-state index in [0.717, 1.165) is 96.3 Å². The van der Waals surface area contributed by atoms with Crippen LogP contribution >= 0.6 is 0 Å². The van der Waals surface area contributed by atoms with E-state index in [2.05, 4.69) is 129 Å². The van der Waals surface area contributed by atoms with Gasteiger partial charge in [0.2, 0.25) is 5.91 Å². The van der Waals surface area contributed by atoms with Crippen LogP contribution in [0.15, 0.2) is 109 Å². The molecule has 2 atom stereocenters. The van der Waals surface area contributed by atoms with Gasteiger partial charge in [-0.25, -0.2) is 0 Å². The fourth-order valence-electron chi connectivity index (χ4n) is 5.23. The van der Waals surface area contributed by atoms with Gasteiger partial charge in [0.25, 0.3) is 0 Å². The van der Waals surface area contributed by atoms with Crippen LogP contribution in [-0.4, -0.2) is 34.9 Å². The van der Waals surface area contributed by atoms with Crippen molar-refractivity contribution in [3.05, 3.63) is 109 Å². The molecule has 0 spiro atoms. The molecule has 2 unspecified atom stereocenters. The van der Waals surface area contributed by atoms with Crippen molar-refractivity contribution >= 4 is 5.91 Å². The van der Waals surface area contributed by atoms with Gasteiger partial charge in [0.15, 0.2) is 0 Å². The van der Waals surface area contributed by atoms with Crippen molar-refractivity contribution in [1.82, 2.24) is 5.32 Å². The molecule has 3 N–H and O–H groups in total. The molecule has 4 nitrogen and oxygen atoms in total. The summed E-state index contributed by atoms with van der Waals surface area (Å²) >= 11 is 0. The van der Waals surface area contributed by atoms with Gasteiger partial charge in [-0.2, -0.15) is 0 Å². The molecule has 50 heavy (non-hydrogen) atoms. The molecule has 1 amide bonds. The van der Waals surface area contributed by atoms with Crippen LogP contribution < -0.4 is 5.32 Å². The van der Waals surface area contributed by atoms with Gasteiger partial charge in [-0.15, -0.1) is 0 Å². The van der Waals surface area contributed by atoms with Crippen LogP contribution in [-0.2, 0) is 4.79 Å². The molecular formula is C46H75NO3. The highest BCUT2D eigenvalue weighted by Gasteiger charge is 2.19. The summed E-state index contributed by atoms with van der Waals surface area (Å²) in [5, 5.41) is 22.7. The predicted molar refractivity (Wildman–Crippen MR) is 220 cm³/mol. The lowest BCUT2D eigenvalue weighted by Gasteiger charge is -2.22. The normalized spacial score (nSPS) is 14.2. The quantitative estimate of drug-likeness (QED) is 0.0465. The lowest BCUT2D eigenvalue weighted by Crippen LogP contribution is -2.45. The Hall–Kier alpha value is -2.95. The van der Waals surface area contributed by atoms with Crippen LogP contribution in [0, 0.1) is 0 Å². The number of amides is 1. The van der Waals surface area contributed by atoms with Crippen molar-refractivity contribution in [2.45, 2.75) is 167 Å². The topological polar surface area (TPSA) is 69.6 Å². The summed E-state index contributed by atoms with van der Waals surface area (Å²) in [4.78, 5) is 12.2. The fraction of sp³-hybridized carbons (Fsp3) is 0.587. The van der Waals surface area contributed by atoms with E-state index < -0.39 is 12.1 Å². The van der Waals surface area contributed by atoms with Crippen LogP contribution in [0.5, 0.6) is 0 Å². The van der Waals surface area contributed by atoms with Gasteiger partial charge >= 0.3 is 0 Å². The second-order valence-corrected chi connectivity index (χ2v) is 13.0. The molecule has 0 saturated heterocycles. The Morgan fingerprint density at radius 2 is 0.880 bits per heavy atom. The zero-order chi connectivity index (χ0) is 36.4. The molecule has 0 heterocycles. The molecule has 0 bridgehead atoms. The average molecular weight is 690 g/mol. The molecule has 282 valence electrons. The molecule has 0 aliphatic carbocycles. The Kier molecular flexibility index (Phi) is 38.1. The number of aliphatic hydroxyl groups excluding tert-OH is 2. The zero-order valence-corrected chi connectivity index (χ0v) is 32.1. The summed E-state index contributed by atoms with van der Waals surface area (Å²) in [6, 6.07) is -0.550. The molecule has 0 rings (SSSR count). The third kappa shape index (κ3) is 36.3. The molecule has 0 fully saturated rings. The number of hydrogen-bond acceptors (Lipinski definition) is 3. The number of carbonyl (C=O) groups excluding carboxylic acids is 1. The molecule has 0 aromatic carbocycles. The van der Waals surface area contributed by atoms with Crippen molar-refractivity contribution in [2.24, 2.45) is 0 Å². The Morgan fingerprint density at radius 1 is 0.500 bits per heavy atom. The minimum atomic E-state index is -0.671. The van der Waals surface area contributed by atoms with Crippen molar-refractivity contribution in [3.8, 4) is 0 Å². The van der Waals surface area contributed by atoms with Crippen molar-refractivity contribution in [2.75, 3.05) is 6.61 Å². The summed E-state index contributed by atoms with van der Waals surface area (Å²) in [6.07, 6.45) is 61.9. The average Bonchev–Trinajstić information content (AvgIpc) is 3.12. The van der Waals surface area contributed by atoms with E-state index in [9.17, 15) is 15.0 Å². The number of hydrogen-bond donors (Lipinski definition) is 3. The number of carbonyl (C=O) groups is 1. The van der Waals surface area contributed by atoms with Gasteiger partial charge in [0.1, 0.15) is 0 Å². The van der Waals surface area contributed by atoms with E-state index in [1.54, 1.807) is 0 Å². The monoisotopic (exact) mass is 690 g/mol. The fourth-order valence-corrected chi connectivity index (χ4v) is 5.23. The Morgan fingerprint density at radius 3 is 1.32 bits per heavy atom. The summed E-state index contributed by atoms with van der Waals surface area (Å²) in [7, 11) is 0. The van der Waals surface area contributed by atoms with Gasteiger partial charge in [-0.1, -0.05) is 175 Å². The standard InChI is InChI=1S/C46H75NO3/c1-3-5-7-9-10-11-12-13-14-15-16-17-18-19-20-21-22-23-24-25-26-27-28-29-30-31-32-33-34-35-36-38-40-42-46(50)47-44(43-48)45(49)41-39-37-8-6-4-2/h5,7,10-11,13-14,16-17,19-20,22-23,25-26,28-29,31-32,44-45,48-49H,3-4,6,8-9,12,15,18,21,24,27,30,33-43H2,1-2H3,(H,47,50)/b7-5-,11-10-,14-13-,17-16-,20-19-,23-22-,26-25-,29-28-,32-31-. The Bertz CT molecular complexity index is 1010. The van der Waals surface area contributed by atoms with Gasteiger partial charge in [-0.05, 0) is 83.5 Å². The lowest BCUT2D eigenvalue weighted by molar-refractivity contribution is -0.123. The van der Waals surface area contributed by atoms with Gasteiger partial charge in [0, 0.05) is 6.42 Å². The second kappa shape index (κ2) is 40.5. The van der Waals surface area contributed by atoms with E-state index in [0.29, 0.717) is 12.8 Å². The molecule has 0 aromatic heterocycles. The highest BCUT2D eigenvalue weighted by Crippen LogP contribution is 2.11. The summed E-state index contributed by atoms with van der Waals surface area (Å²) < 4.78 is 0. The molecular weight excluding hydrogens is 615 g/mol. The summed E-state index contributed by atoms with van der Waals surface area (Å²) in [5.74, 6) is -0.0644. The molecule has 4 heteroatoms. The molecule has 0 aliphatic rings. The van der Waals surface area contributed by atoms with Gasteiger partial charge in [-0.3, -0.25) is 4.79 Å². The van der Waals surface area contributed by atoms with E-state index >= 15 is 0 Å². The number of unbranched alkanes of at least 4 members (excludes halogenated alkanes) is 9. The van der Waals surface area contributed by atoms with Crippen molar-refractivity contribution in [1.29, 1.82) is 0 Å². The van der Waals surface area contributed by atoms with E-state index in [-0.39, 0.29) is 12.5 Å². The number of allylic oxidation sites excluding steroid dienone is 18. The first-order valence-corrected chi connectivity index (χ1v) is 20.1. The lowest BCUT2D eigenvalue weighted by atomic mass is 10.0. The van der Waals surface area contributed by atoms with Gasteiger partial charge < -0.3 is 15.5 Å². The summed E-state index contributed by atoms with van der Waals surface area (Å²) in [6.45, 7) is 4.13. The maximum Gasteiger partial charge on any atom is 0.220 e. The first-order chi connectivity index (χ1) is 24.7. The third-order valence-electron chi connectivity index (χ3n) is 8.30. The molecule has 0 radical (unpaired) electrons. The third-order valence-corrected chi connectivity index (χ3v) is 8.30. The van der Waals surface area contributed by atoms with Crippen LogP contribution in [0.3, 0.4) is 0 Å². The number of rotatable bonds is 34. The number of nitrogens with one attached hydrogen (secondary N) is 1. The molecule has 0 aliphatic heterocycles. The zero-order valence-electron chi connectivity index (χ0n) is 32.1. The molecule has 0 aromatic rings. The highest BCUT2D eigenvalue weighted by atomic mass is 16.3. The highest BCUT2D eigenvalue weighted by molar-refractivity contribution is 5.76. The molecule has 0 saturated carbocycles. The minimum Gasteiger partial charge on any atom is -0.394 e. The SMILES string of the molecule is CC/C=C\C/C=C\C/C=C\C/C=C\C/C=C\C/C=C\C/C=C\C/C=C\C/C=C\CCCCCCCC(=O)NC(CO)C(O)CCCCCCC. The number of aliphatic hydroxyl groups is 2. The predicted octanol–water partition coefficient (Wildman–Crippen LogP) is 12.5. The Balaban J connectivity index is 3.66. The van der Waals surface area contributed by atoms with Crippen LogP contribution in [0.4, 0.5) is 0 Å². The van der Waals surface area contributed by atoms with Crippen molar-refractivity contribution in [3.63, 3.8) is 0 Å². The van der Waals surface area contributed by atoms with Gasteiger partial charge in [0.05, 0.1) is 18.8 Å². The van der Waals surface area contributed by atoms with E-state index in [1.807, 2.05) is 0 Å². The van der Waals surface area contributed by atoms with Crippen LogP contribution in [0.1, 0.15) is 155 Å². The van der Waals surface area contributed by atoms with Crippen molar-refractivity contribution < 1.29 is 15.0 Å². The maximum atomic E-state index is 12.2. The van der Waals surface area contributed by atoms with E-state index in [4.69, 9.17) is 0 Å². The summed E-state index contributed by atoms with van der Waals surface area (Å²) in [5.41, 5.74) is 0. The van der Waals surface area contributed by atoms with Crippen LogP contribution in [0.2, 0.25) is 0 Å². The van der Waals surface area contributed by atoms with E-state index in [1.165, 1.54) is 32.1 Å². The maximum absolute atomic E-state index is 12.2. The first kappa shape index (κ1) is 47.0. The van der Waals surface area contributed by atoms with Crippen LogP contribution in [0.25, 0.3) is 0 Å². The first-order valence-electron chi connectivity index (χ1n) is 20.1. The Labute approximate surface area is 308 Å². The smallest absolute Gasteiger partial charge is 0.220 e. The minimum absolute atomic E-state index is 0.0644. The second-order valence-electron chi connectivity index (χ2n) is 13.0. The largest absolute Gasteiger partial charge is 0.394 e.